The van der Waals surface area contributed by atoms with Crippen molar-refractivity contribution in [1.29, 1.82) is 0 Å². The number of aryl methyl sites for hydroxylation is 1. The summed E-state index contributed by atoms with van der Waals surface area (Å²) in [4.78, 5) is 11.8. The van der Waals surface area contributed by atoms with Crippen molar-refractivity contribution in [3.05, 3.63) is 17.5 Å². The van der Waals surface area contributed by atoms with Gasteiger partial charge in [-0.2, -0.15) is 0 Å². The first-order valence-corrected chi connectivity index (χ1v) is 5.01. The highest BCUT2D eigenvalue weighted by Gasteiger charge is 2.38. The molecule has 82 valence electrons. The van der Waals surface area contributed by atoms with E-state index >= 15 is 0 Å². The van der Waals surface area contributed by atoms with Crippen molar-refractivity contribution in [2.45, 2.75) is 31.7 Å². The molecule has 0 saturated heterocycles. The number of aromatic nitrogens is 1. The van der Waals surface area contributed by atoms with Crippen molar-refractivity contribution in [2.75, 3.05) is 6.61 Å². The molecule has 15 heavy (non-hydrogen) atoms. The highest BCUT2D eigenvalue weighted by molar-refractivity contribution is 5.95. The number of aliphatic hydroxyl groups excluding tert-OH is 1. The van der Waals surface area contributed by atoms with Gasteiger partial charge in [0.05, 0.1) is 18.3 Å². The molecule has 1 aliphatic rings. The maximum Gasteiger partial charge on any atom is 0.257 e. The largest absolute Gasteiger partial charge is 0.394 e. The summed E-state index contributed by atoms with van der Waals surface area (Å²) in [6.45, 7) is 1.68. The topological polar surface area (TPSA) is 75.4 Å². The molecular weight excluding hydrogens is 196 g/mol. The van der Waals surface area contributed by atoms with Gasteiger partial charge in [0, 0.05) is 0 Å². The van der Waals surface area contributed by atoms with Crippen LogP contribution in [-0.2, 0) is 0 Å². The third kappa shape index (κ3) is 1.74. The fourth-order valence-electron chi connectivity index (χ4n) is 1.75. The Hall–Kier alpha value is -1.36. The quantitative estimate of drug-likeness (QED) is 0.767. The van der Waals surface area contributed by atoms with Crippen LogP contribution in [0.2, 0.25) is 0 Å². The van der Waals surface area contributed by atoms with E-state index in [1.165, 1.54) is 6.20 Å². The third-order valence-electron chi connectivity index (χ3n) is 2.99. The summed E-state index contributed by atoms with van der Waals surface area (Å²) in [5, 5.41) is 15.6. The summed E-state index contributed by atoms with van der Waals surface area (Å²) >= 11 is 0. The molecule has 2 N–H and O–H groups in total. The summed E-state index contributed by atoms with van der Waals surface area (Å²) < 4.78 is 4.81. The number of carbonyl (C=O) groups excluding carboxylic acids is 1. The molecule has 0 spiro atoms. The van der Waals surface area contributed by atoms with Gasteiger partial charge in [-0.05, 0) is 26.2 Å². The van der Waals surface area contributed by atoms with Crippen LogP contribution in [0.3, 0.4) is 0 Å². The van der Waals surface area contributed by atoms with Crippen LogP contribution in [0.1, 0.15) is 35.4 Å². The molecule has 0 unspecified atom stereocenters. The van der Waals surface area contributed by atoms with E-state index in [9.17, 15) is 9.90 Å². The molecule has 1 aliphatic carbocycles. The fraction of sp³-hybridized carbons (Fsp3) is 0.600. The Bertz CT molecular complexity index is 363. The first kappa shape index (κ1) is 10.2. The molecule has 0 atom stereocenters. The van der Waals surface area contributed by atoms with Crippen LogP contribution in [0, 0.1) is 6.92 Å². The number of hydrogen-bond donors (Lipinski definition) is 2. The Morgan fingerprint density at radius 2 is 2.47 bits per heavy atom. The molecular formula is C10H14N2O3. The molecule has 0 aliphatic heterocycles. The van der Waals surface area contributed by atoms with Gasteiger partial charge >= 0.3 is 0 Å². The molecule has 0 aromatic carbocycles. The van der Waals surface area contributed by atoms with Crippen molar-refractivity contribution in [3.8, 4) is 0 Å². The molecule has 0 radical (unpaired) electrons. The molecule has 1 aromatic rings. The van der Waals surface area contributed by atoms with Crippen molar-refractivity contribution in [1.82, 2.24) is 10.5 Å². The predicted octanol–water partition coefficient (Wildman–Crippen LogP) is 0.628. The Morgan fingerprint density at radius 3 is 2.87 bits per heavy atom. The zero-order chi connectivity index (χ0) is 10.9. The third-order valence-corrected chi connectivity index (χ3v) is 2.99. The van der Waals surface area contributed by atoms with E-state index in [0.717, 1.165) is 19.3 Å². The van der Waals surface area contributed by atoms with Crippen LogP contribution in [0.15, 0.2) is 10.7 Å². The Kier molecular flexibility index (Phi) is 2.48. The number of amides is 1. The second-order valence-corrected chi connectivity index (χ2v) is 4.04. The normalized spacial score (nSPS) is 18.3. The van der Waals surface area contributed by atoms with E-state index in [4.69, 9.17) is 4.52 Å². The van der Waals surface area contributed by atoms with Crippen LogP contribution in [0.5, 0.6) is 0 Å². The van der Waals surface area contributed by atoms with Crippen LogP contribution < -0.4 is 5.32 Å². The lowest BCUT2D eigenvalue weighted by atomic mass is 9.77. The van der Waals surface area contributed by atoms with E-state index in [0.29, 0.717) is 11.3 Å². The Labute approximate surface area is 87.5 Å². The van der Waals surface area contributed by atoms with Crippen LogP contribution in [0.25, 0.3) is 0 Å². The Morgan fingerprint density at radius 1 is 1.73 bits per heavy atom. The first-order valence-electron chi connectivity index (χ1n) is 5.01. The number of nitrogens with one attached hydrogen (secondary N) is 1. The van der Waals surface area contributed by atoms with Gasteiger partial charge in [0.15, 0.2) is 0 Å². The van der Waals surface area contributed by atoms with E-state index in [2.05, 4.69) is 10.5 Å². The lowest BCUT2D eigenvalue weighted by molar-refractivity contribution is 0.0640. The van der Waals surface area contributed by atoms with E-state index in [1.54, 1.807) is 6.92 Å². The highest BCUT2D eigenvalue weighted by atomic mass is 16.5. The van der Waals surface area contributed by atoms with E-state index in [-0.39, 0.29) is 12.5 Å². The number of hydrogen-bond acceptors (Lipinski definition) is 4. The van der Waals surface area contributed by atoms with Gasteiger partial charge in [-0.15, -0.1) is 0 Å². The van der Waals surface area contributed by atoms with Gasteiger partial charge in [0.2, 0.25) is 0 Å². The average Bonchev–Trinajstić information content (AvgIpc) is 2.58. The molecule has 1 heterocycles. The lowest BCUT2D eigenvalue weighted by Gasteiger charge is -2.40. The molecule has 1 aromatic heterocycles. The minimum absolute atomic E-state index is 0.0108. The van der Waals surface area contributed by atoms with Crippen molar-refractivity contribution < 1.29 is 14.4 Å². The second kappa shape index (κ2) is 3.66. The van der Waals surface area contributed by atoms with Crippen molar-refractivity contribution >= 4 is 5.91 Å². The lowest BCUT2D eigenvalue weighted by Crippen LogP contribution is -2.56. The van der Waals surface area contributed by atoms with Crippen LogP contribution in [0.4, 0.5) is 0 Å². The summed E-state index contributed by atoms with van der Waals surface area (Å²) in [6.07, 6.45) is 4.11. The summed E-state index contributed by atoms with van der Waals surface area (Å²) in [5.41, 5.74) is 0.0237. The number of carbonyl (C=O) groups is 1. The van der Waals surface area contributed by atoms with Gasteiger partial charge in [0.1, 0.15) is 11.3 Å². The molecule has 1 amide bonds. The van der Waals surface area contributed by atoms with E-state index < -0.39 is 5.54 Å². The molecule has 1 saturated carbocycles. The number of aliphatic hydroxyl groups is 1. The van der Waals surface area contributed by atoms with Gasteiger partial charge in [-0.25, -0.2) is 0 Å². The van der Waals surface area contributed by atoms with Gasteiger partial charge in [-0.1, -0.05) is 5.16 Å². The monoisotopic (exact) mass is 210 g/mol. The number of nitrogens with zero attached hydrogens (tertiary/aromatic N) is 1. The van der Waals surface area contributed by atoms with Gasteiger partial charge in [0.25, 0.3) is 5.91 Å². The molecule has 1 fully saturated rings. The van der Waals surface area contributed by atoms with Gasteiger partial charge < -0.3 is 14.9 Å². The van der Waals surface area contributed by atoms with Crippen molar-refractivity contribution in [3.63, 3.8) is 0 Å². The molecule has 2 rings (SSSR count). The summed E-state index contributed by atoms with van der Waals surface area (Å²) in [5.74, 6) is 0.280. The zero-order valence-corrected chi connectivity index (χ0v) is 8.62. The second-order valence-electron chi connectivity index (χ2n) is 4.04. The maximum absolute atomic E-state index is 11.8. The SMILES string of the molecule is Cc1oncc1C(=O)NC1(CO)CCC1. The molecule has 5 nitrogen and oxygen atoms in total. The maximum atomic E-state index is 11.8. The minimum atomic E-state index is -0.416. The first-order chi connectivity index (χ1) is 7.17. The summed E-state index contributed by atoms with van der Waals surface area (Å²) in [7, 11) is 0. The Balaban J connectivity index is 2.07. The standard InChI is InChI=1S/C10H14N2O3/c1-7-8(5-11-15-7)9(14)12-10(6-13)3-2-4-10/h5,13H,2-4,6H2,1H3,(H,12,14). The van der Waals surface area contributed by atoms with Crippen LogP contribution >= 0.6 is 0 Å². The number of rotatable bonds is 3. The van der Waals surface area contributed by atoms with Crippen LogP contribution in [-0.4, -0.2) is 28.3 Å². The average molecular weight is 210 g/mol. The van der Waals surface area contributed by atoms with E-state index in [1.807, 2.05) is 0 Å². The smallest absolute Gasteiger partial charge is 0.257 e. The molecule has 5 heteroatoms. The van der Waals surface area contributed by atoms with Gasteiger partial charge in [-0.3, -0.25) is 4.79 Å². The zero-order valence-electron chi connectivity index (χ0n) is 8.62. The highest BCUT2D eigenvalue weighted by Crippen LogP contribution is 2.31. The fourth-order valence-corrected chi connectivity index (χ4v) is 1.75. The summed E-state index contributed by atoms with van der Waals surface area (Å²) in [6, 6.07) is 0. The molecule has 0 bridgehead atoms. The van der Waals surface area contributed by atoms with Crippen molar-refractivity contribution in [2.24, 2.45) is 0 Å². The minimum Gasteiger partial charge on any atom is -0.394 e. The predicted molar refractivity (Wildman–Crippen MR) is 52.4 cm³/mol.